The van der Waals surface area contributed by atoms with Crippen LogP contribution in [0, 0.1) is 28.6 Å². The summed E-state index contributed by atoms with van der Waals surface area (Å²) in [6.07, 6.45) is 7.46. The largest absolute Gasteiger partial charge is 0.481 e. The van der Waals surface area contributed by atoms with Crippen molar-refractivity contribution in [1.82, 2.24) is 0 Å². The lowest BCUT2D eigenvalue weighted by Gasteiger charge is -2.58. The molecule has 0 aromatic carbocycles. The van der Waals surface area contributed by atoms with Gasteiger partial charge in [0.2, 0.25) is 0 Å². The summed E-state index contributed by atoms with van der Waals surface area (Å²) < 4.78 is 0. The third-order valence-corrected chi connectivity index (χ3v) is 7.19. The molecule has 4 heteroatoms. The third-order valence-electron chi connectivity index (χ3n) is 7.19. The topological polar surface area (TPSA) is 77.8 Å². The molecule has 0 aromatic rings. The van der Waals surface area contributed by atoms with E-state index in [2.05, 4.69) is 32.9 Å². The van der Waals surface area contributed by atoms with Gasteiger partial charge in [0.25, 0.3) is 0 Å². The Bertz CT molecular complexity index is 588. The molecule has 0 radical (unpaired) electrons. The number of aliphatic hydroxyl groups is 2. The normalized spacial score (nSPS) is 39.1. The van der Waals surface area contributed by atoms with Gasteiger partial charge < -0.3 is 15.3 Å². The van der Waals surface area contributed by atoms with E-state index < -0.39 is 17.7 Å². The molecule has 3 N–H and O–H groups in total. The van der Waals surface area contributed by atoms with Crippen molar-refractivity contribution in [2.45, 2.75) is 65.6 Å². The van der Waals surface area contributed by atoms with Crippen molar-refractivity contribution >= 4 is 5.97 Å². The Hall–Kier alpha value is -1.13. The van der Waals surface area contributed by atoms with E-state index in [4.69, 9.17) is 0 Å². The van der Waals surface area contributed by atoms with E-state index in [1.54, 1.807) is 0 Å². The molecule has 0 aromatic heterocycles. The summed E-state index contributed by atoms with van der Waals surface area (Å²) in [6, 6.07) is 0. The van der Waals surface area contributed by atoms with Crippen molar-refractivity contribution in [1.29, 1.82) is 0 Å². The molecule has 1 saturated carbocycles. The number of aliphatic carboxylic acids is 1. The van der Waals surface area contributed by atoms with Crippen LogP contribution < -0.4 is 0 Å². The van der Waals surface area contributed by atoms with Gasteiger partial charge in [-0.3, -0.25) is 4.79 Å². The number of hydrogen-bond donors (Lipinski definition) is 3. The van der Waals surface area contributed by atoms with Crippen LogP contribution in [-0.2, 0) is 4.79 Å². The Balaban J connectivity index is 2.05. The standard InChI is InChI=1S/C20H30O4/c1-12(2)13-5-7-15-14(11-13)6-8-16-19(15,3)9-4-10-20(16,17(21)22)18(23)24/h6,11-12,15-17,21-22H,4-5,7-10H2,1-3H3,(H,23,24)/t15-,16?,19-,20+/m1/s1. The lowest BCUT2D eigenvalue weighted by molar-refractivity contribution is -0.219. The van der Waals surface area contributed by atoms with E-state index in [0.717, 1.165) is 25.7 Å². The monoisotopic (exact) mass is 334 g/mol. The summed E-state index contributed by atoms with van der Waals surface area (Å²) in [7, 11) is 0. The van der Waals surface area contributed by atoms with Crippen LogP contribution in [-0.4, -0.2) is 27.6 Å². The second kappa shape index (κ2) is 5.99. The molecule has 3 rings (SSSR count). The van der Waals surface area contributed by atoms with Gasteiger partial charge in [-0.15, -0.1) is 0 Å². The molecule has 0 bridgehead atoms. The average molecular weight is 334 g/mol. The van der Waals surface area contributed by atoms with Gasteiger partial charge in [-0.2, -0.15) is 0 Å². The van der Waals surface area contributed by atoms with E-state index in [-0.39, 0.29) is 11.3 Å². The van der Waals surface area contributed by atoms with Crippen molar-refractivity contribution in [3.63, 3.8) is 0 Å². The molecule has 0 amide bonds. The Morgan fingerprint density at radius 1 is 1.29 bits per heavy atom. The summed E-state index contributed by atoms with van der Waals surface area (Å²) in [5.41, 5.74) is 1.21. The predicted octanol–water partition coefficient (Wildman–Crippen LogP) is 3.50. The van der Waals surface area contributed by atoms with Crippen molar-refractivity contribution in [2.24, 2.45) is 28.6 Å². The number of carboxylic acid groups (broad SMARTS) is 1. The fourth-order valence-corrected chi connectivity index (χ4v) is 5.76. The van der Waals surface area contributed by atoms with Crippen LogP contribution in [0.5, 0.6) is 0 Å². The average Bonchev–Trinajstić information content (AvgIpc) is 2.52. The van der Waals surface area contributed by atoms with Crippen LogP contribution >= 0.6 is 0 Å². The Kier molecular flexibility index (Phi) is 4.42. The highest BCUT2D eigenvalue weighted by Crippen LogP contribution is 2.62. The number of hydrogen-bond acceptors (Lipinski definition) is 3. The van der Waals surface area contributed by atoms with Crippen molar-refractivity contribution < 1.29 is 20.1 Å². The van der Waals surface area contributed by atoms with Crippen molar-refractivity contribution in [2.75, 3.05) is 0 Å². The van der Waals surface area contributed by atoms with Gasteiger partial charge in [-0.1, -0.05) is 44.9 Å². The molecule has 4 nitrogen and oxygen atoms in total. The zero-order valence-electron chi connectivity index (χ0n) is 15.0. The smallest absolute Gasteiger partial charge is 0.315 e. The fourth-order valence-electron chi connectivity index (χ4n) is 5.76. The van der Waals surface area contributed by atoms with Crippen LogP contribution in [0.15, 0.2) is 23.3 Å². The quantitative estimate of drug-likeness (QED) is 0.690. The summed E-state index contributed by atoms with van der Waals surface area (Å²) in [4.78, 5) is 12.1. The summed E-state index contributed by atoms with van der Waals surface area (Å²) in [5.74, 6) is -0.406. The number of aliphatic hydroxyl groups excluding tert-OH is 1. The van der Waals surface area contributed by atoms with E-state index in [9.17, 15) is 20.1 Å². The molecule has 1 unspecified atom stereocenters. The van der Waals surface area contributed by atoms with Gasteiger partial charge in [0.1, 0.15) is 5.41 Å². The lowest BCUT2D eigenvalue weighted by Crippen LogP contribution is -2.59. The van der Waals surface area contributed by atoms with E-state index >= 15 is 0 Å². The highest BCUT2D eigenvalue weighted by molar-refractivity contribution is 5.76. The highest BCUT2D eigenvalue weighted by atomic mass is 16.5. The number of rotatable bonds is 3. The van der Waals surface area contributed by atoms with Crippen molar-refractivity contribution in [3.8, 4) is 0 Å². The van der Waals surface area contributed by atoms with E-state index in [0.29, 0.717) is 24.7 Å². The SMILES string of the molecule is CC(C)C1=CC2=CCC3[C@](C(=O)O)(C(O)O)CCC[C@]3(C)[C@@H]2CC1. The van der Waals surface area contributed by atoms with Gasteiger partial charge in [-0.05, 0) is 60.8 Å². The summed E-state index contributed by atoms with van der Waals surface area (Å²) in [5, 5.41) is 29.9. The van der Waals surface area contributed by atoms with Crippen LogP contribution in [0.2, 0.25) is 0 Å². The minimum Gasteiger partial charge on any atom is -0.481 e. The molecular weight excluding hydrogens is 304 g/mol. The van der Waals surface area contributed by atoms with Gasteiger partial charge in [0.05, 0.1) is 0 Å². The number of carboxylic acids is 1. The van der Waals surface area contributed by atoms with Crippen LogP contribution in [0.3, 0.4) is 0 Å². The van der Waals surface area contributed by atoms with Crippen molar-refractivity contribution in [3.05, 3.63) is 23.3 Å². The second-order valence-corrected chi connectivity index (χ2v) is 8.54. The molecule has 134 valence electrons. The zero-order valence-corrected chi connectivity index (χ0v) is 15.0. The maximum absolute atomic E-state index is 12.1. The molecule has 0 spiro atoms. The Morgan fingerprint density at radius 3 is 2.58 bits per heavy atom. The molecule has 0 saturated heterocycles. The van der Waals surface area contributed by atoms with Gasteiger partial charge in [-0.25, -0.2) is 0 Å². The first-order chi connectivity index (χ1) is 11.2. The maximum atomic E-state index is 12.1. The first kappa shape index (κ1) is 17.7. The molecule has 0 aliphatic heterocycles. The molecule has 1 fully saturated rings. The molecule has 0 heterocycles. The van der Waals surface area contributed by atoms with Gasteiger partial charge >= 0.3 is 5.97 Å². The lowest BCUT2D eigenvalue weighted by atomic mass is 9.46. The molecule has 3 aliphatic rings. The first-order valence-electron chi connectivity index (χ1n) is 9.23. The predicted molar refractivity (Wildman–Crippen MR) is 92.1 cm³/mol. The minimum absolute atomic E-state index is 0.177. The van der Waals surface area contributed by atoms with Gasteiger partial charge in [0, 0.05) is 0 Å². The Morgan fingerprint density at radius 2 is 2.00 bits per heavy atom. The zero-order chi connectivity index (χ0) is 17.7. The second-order valence-electron chi connectivity index (χ2n) is 8.54. The Labute approximate surface area is 144 Å². The van der Waals surface area contributed by atoms with Crippen LogP contribution in [0.25, 0.3) is 0 Å². The van der Waals surface area contributed by atoms with Gasteiger partial charge in [0.15, 0.2) is 6.29 Å². The molecule has 3 aliphatic carbocycles. The molecular formula is C20H30O4. The first-order valence-corrected chi connectivity index (χ1v) is 9.23. The van der Waals surface area contributed by atoms with E-state index in [1.165, 1.54) is 11.1 Å². The molecule has 24 heavy (non-hydrogen) atoms. The number of allylic oxidation sites excluding steroid dienone is 4. The third kappa shape index (κ3) is 2.38. The minimum atomic E-state index is -1.81. The summed E-state index contributed by atoms with van der Waals surface area (Å²) >= 11 is 0. The highest BCUT2D eigenvalue weighted by Gasteiger charge is 2.62. The number of carbonyl (C=O) groups is 1. The number of fused-ring (bicyclic) bond motifs is 3. The molecule has 4 atom stereocenters. The van der Waals surface area contributed by atoms with Crippen LogP contribution in [0.4, 0.5) is 0 Å². The maximum Gasteiger partial charge on any atom is 0.315 e. The fraction of sp³-hybridized carbons (Fsp3) is 0.750. The summed E-state index contributed by atoms with van der Waals surface area (Å²) in [6.45, 7) is 6.62. The van der Waals surface area contributed by atoms with Crippen LogP contribution in [0.1, 0.15) is 59.3 Å². The van der Waals surface area contributed by atoms with E-state index in [1.807, 2.05) is 0 Å².